The number of likely N-dealkylation sites (N-methyl/N-ethyl adjacent to an activating group) is 1. The van der Waals surface area contributed by atoms with E-state index >= 15 is 0 Å². The highest BCUT2D eigenvalue weighted by Gasteiger charge is 2.52. The number of nitrogens with two attached hydrogens (primary N) is 3. The number of hydrogen-bond donors (Lipinski definition) is 11. The van der Waals surface area contributed by atoms with Crippen molar-refractivity contribution in [3.05, 3.63) is 0 Å². The monoisotopic (exact) mass is 580 g/mol. The second-order valence-electron chi connectivity index (χ2n) is 11.0. The largest absolute Gasteiger partial charge is 0.395 e. The lowest BCUT2D eigenvalue weighted by Crippen LogP contribution is -2.69. The molecule has 3 aliphatic rings. The highest BCUT2D eigenvalue weighted by atomic mass is 16.7. The van der Waals surface area contributed by atoms with E-state index in [-0.39, 0.29) is 32.3 Å². The van der Waals surface area contributed by atoms with Gasteiger partial charge < -0.3 is 77.6 Å². The summed E-state index contributed by atoms with van der Waals surface area (Å²) in [6, 6.07) is -3.03. The van der Waals surface area contributed by atoms with Gasteiger partial charge in [-0.05, 0) is 33.2 Å². The van der Waals surface area contributed by atoms with Gasteiger partial charge in [-0.25, -0.2) is 0 Å². The van der Waals surface area contributed by atoms with Gasteiger partial charge in [0, 0.05) is 25.7 Å². The lowest BCUT2D eigenvalue weighted by molar-refractivity contribution is -0.307. The van der Waals surface area contributed by atoms with Crippen molar-refractivity contribution in [1.29, 1.82) is 0 Å². The highest BCUT2D eigenvalue weighted by Crippen LogP contribution is 2.32. The lowest BCUT2D eigenvalue weighted by Gasteiger charge is -2.49. The Hall–Kier alpha value is -1.09. The number of ether oxygens (including phenoxy) is 4. The zero-order valence-electron chi connectivity index (χ0n) is 23.1. The number of nitrogens with one attached hydrogen (secondary N) is 3. The molecule has 1 saturated carbocycles. The molecular formula is C24H48N6O10. The van der Waals surface area contributed by atoms with Crippen LogP contribution in [0.5, 0.6) is 0 Å². The second-order valence-corrected chi connectivity index (χ2v) is 11.0. The molecule has 3 fully saturated rings. The second kappa shape index (κ2) is 14.9. The Morgan fingerprint density at radius 2 is 1.82 bits per heavy atom. The van der Waals surface area contributed by atoms with Crippen LogP contribution in [0.15, 0.2) is 0 Å². The molecule has 2 saturated heterocycles. The molecule has 0 aromatic heterocycles. The summed E-state index contributed by atoms with van der Waals surface area (Å²) in [6.07, 6.45) is -7.62. The molecule has 16 nitrogen and oxygen atoms in total. The van der Waals surface area contributed by atoms with Gasteiger partial charge >= 0.3 is 0 Å². The Balaban J connectivity index is 1.78. The van der Waals surface area contributed by atoms with Crippen LogP contribution in [0.1, 0.15) is 26.2 Å². The molecule has 234 valence electrons. The first-order valence-electron chi connectivity index (χ1n) is 13.8. The summed E-state index contributed by atoms with van der Waals surface area (Å²) >= 11 is 0. The number of rotatable bonds is 12. The minimum absolute atomic E-state index is 0.0112. The molecule has 3 rings (SSSR count). The van der Waals surface area contributed by atoms with Crippen molar-refractivity contribution in [3.8, 4) is 0 Å². The summed E-state index contributed by atoms with van der Waals surface area (Å²) in [6.45, 7) is 1.88. The van der Waals surface area contributed by atoms with E-state index in [9.17, 15) is 25.2 Å². The number of carbonyl (C=O) groups excluding carboxylic acids is 1. The van der Waals surface area contributed by atoms with Gasteiger partial charge in [-0.15, -0.1) is 0 Å². The van der Waals surface area contributed by atoms with E-state index in [0.29, 0.717) is 25.9 Å². The molecule has 0 aromatic rings. The summed E-state index contributed by atoms with van der Waals surface area (Å²) in [4.78, 5) is 12.5. The minimum Gasteiger partial charge on any atom is -0.395 e. The third kappa shape index (κ3) is 8.05. The number of carbonyl (C=O) groups is 1. The number of aliphatic hydroxyl groups excluding tert-OH is 4. The number of amides is 1. The average Bonchev–Trinajstić information content (AvgIpc) is 2.91. The fourth-order valence-corrected chi connectivity index (χ4v) is 5.50. The maximum absolute atomic E-state index is 12.5. The predicted octanol–water partition coefficient (Wildman–Crippen LogP) is -5.88. The van der Waals surface area contributed by atoms with Gasteiger partial charge in [0.2, 0.25) is 5.91 Å². The molecule has 0 spiro atoms. The van der Waals surface area contributed by atoms with Gasteiger partial charge in [-0.2, -0.15) is 0 Å². The van der Waals surface area contributed by atoms with Crippen LogP contribution >= 0.6 is 0 Å². The smallest absolute Gasteiger partial charge is 0.250 e. The standard InChI is InChI=1S/C24H48N6O10/c1-24(36)10-37-23(17(34)20(24)28-2)40-19-14(30-21(35)15(32)8-25)7-13(27)18(16(19)33)39-22-12(26)4-3-11(38-22)9-29-5-6-31/h11-20,22-23,28-29,31-34,36H,3-10,25-27H2,1-2H3,(H,30,35)/t11-,12+,13-,14+,15?,16-,17+,18+,19-,20+,22+,23+,24-/m0/s1. The van der Waals surface area contributed by atoms with Gasteiger partial charge in [-0.3, -0.25) is 4.79 Å². The third-order valence-corrected chi connectivity index (χ3v) is 7.75. The Morgan fingerprint density at radius 1 is 1.12 bits per heavy atom. The zero-order valence-corrected chi connectivity index (χ0v) is 23.1. The van der Waals surface area contributed by atoms with Crippen molar-refractivity contribution >= 4 is 5.91 Å². The Kier molecular flexibility index (Phi) is 12.4. The first-order chi connectivity index (χ1) is 18.9. The van der Waals surface area contributed by atoms with Gasteiger partial charge in [0.25, 0.3) is 0 Å². The fourth-order valence-electron chi connectivity index (χ4n) is 5.50. The molecular weight excluding hydrogens is 532 g/mol. The van der Waals surface area contributed by atoms with Crippen LogP contribution in [0.4, 0.5) is 0 Å². The molecule has 2 heterocycles. The zero-order chi connectivity index (χ0) is 29.6. The van der Waals surface area contributed by atoms with Crippen LogP contribution in [-0.4, -0.2) is 150 Å². The summed E-state index contributed by atoms with van der Waals surface area (Å²) < 4.78 is 23.8. The molecule has 1 amide bonds. The fraction of sp³-hybridized carbons (Fsp3) is 0.958. The minimum atomic E-state index is -1.49. The highest BCUT2D eigenvalue weighted by molar-refractivity contribution is 5.81. The number of aliphatic hydroxyl groups is 5. The third-order valence-electron chi connectivity index (χ3n) is 7.75. The molecule has 1 unspecified atom stereocenters. The van der Waals surface area contributed by atoms with Crippen LogP contribution in [0.3, 0.4) is 0 Å². The summed E-state index contributed by atoms with van der Waals surface area (Å²) in [5.74, 6) is -0.781. The van der Waals surface area contributed by atoms with Crippen LogP contribution in [-0.2, 0) is 23.7 Å². The summed E-state index contributed by atoms with van der Waals surface area (Å²) in [7, 11) is 1.57. The molecule has 0 bridgehead atoms. The molecule has 0 aromatic carbocycles. The van der Waals surface area contributed by atoms with Crippen molar-refractivity contribution in [1.82, 2.24) is 16.0 Å². The molecule has 14 N–H and O–H groups in total. The first kappa shape index (κ1) is 33.4. The first-order valence-corrected chi connectivity index (χ1v) is 13.8. The molecule has 1 aliphatic carbocycles. The van der Waals surface area contributed by atoms with E-state index in [0.717, 1.165) is 0 Å². The summed E-state index contributed by atoms with van der Waals surface area (Å²) in [5, 5.41) is 60.4. The topological polar surface area (TPSA) is 269 Å². The lowest BCUT2D eigenvalue weighted by atomic mass is 9.83. The average molecular weight is 581 g/mol. The Labute approximate surface area is 233 Å². The van der Waals surface area contributed by atoms with Crippen LogP contribution in [0, 0.1) is 0 Å². The van der Waals surface area contributed by atoms with E-state index in [1.807, 2.05) is 0 Å². The maximum Gasteiger partial charge on any atom is 0.250 e. The van der Waals surface area contributed by atoms with Gasteiger partial charge in [0.15, 0.2) is 12.6 Å². The van der Waals surface area contributed by atoms with E-state index in [4.69, 9.17) is 41.3 Å². The van der Waals surface area contributed by atoms with Crippen LogP contribution < -0.4 is 33.2 Å². The van der Waals surface area contributed by atoms with Crippen molar-refractivity contribution in [2.45, 2.75) is 105 Å². The molecule has 2 aliphatic heterocycles. The van der Waals surface area contributed by atoms with E-state index in [1.165, 1.54) is 6.92 Å². The Bertz CT molecular complexity index is 799. The van der Waals surface area contributed by atoms with Crippen LogP contribution in [0.25, 0.3) is 0 Å². The quantitative estimate of drug-likeness (QED) is 0.0959. The molecule has 13 atom stereocenters. The van der Waals surface area contributed by atoms with E-state index in [1.54, 1.807) is 7.05 Å². The van der Waals surface area contributed by atoms with Gasteiger partial charge in [0.05, 0.1) is 37.4 Å². The molecule has 40 heavy (non-hydrogen) atoms. The summed E-state index contributed by atoms with van der Waals surface area (Å²) in [5.41, 5.74) is 16.7. The van der Waals surface area contributed by atoms with Crippen LogP contribution in [0.2, 0.25) is 0 Å². The van der Waals surface area contributed by atoms with Crippen molar-refractivity contribution in [3.63, 3.8) is 0 Å². The normalized spacial score (nSPS) is 43.3. The van der Waals surface area contributed by atoms with Gasteiger partial charge in [-0.1, -0.05) is 0 Å². The maximum atomic E-state index is 12.5. The Morgan fingerprint density at radius 3 is 2.48 bits per heavy atom. The predicted molar refractivity (Wildman–Crippen MR) is 140 cm³/mol. The van der Waals surface area contributed by atoms with E-state index < -0.39 is 78.8 Å². The van der Waals surface area contributed by atoms with Crippen molar-refractivity contribution in [2.75, 3.05) is 39.9 Å². The SMILES string of the molecule is CN[C@@H]1[C@@H](O)[C@@H](O[C@@H]2[C@@H](O)[C@H](O[C@H]3O[C@H](CNCCO)CC[C@H]3N)[C@@H](N)C[C@H]2NC(=O)C(O)CN)OC[C@]1(C)O. The number of hydrogen-bond acceptors (Lipinski definition) is 15. The van der Waals surface area contributed by atoms with Gasteiger partial charge in [0.1, 0.15) is 36.1 Å². The van der Waals surface area contributed by atoms with E-state index in [2.05, 4.69) is 16.0 Å². The molecule has 16 heteroatoms. The molecule has 0 radical (unpaired) electrons. The van der Waals surface area contributed by atoms with Crippen molar-refractivity contribution < 1.29 is 49.3 Å². The van der Waals surface area contributed by atoms with Crippen molar-refractivity contribution in [2.24, 2.45) is 17.2 Å².